The SMILES string of the molecule is Cc1ccc(NC(=O)C2(CN)CCCCC2)cc1F. The minimum absolute atomic E-state index is 0.0713. The molecule has 104 valence electrons. The summed E-state index contributed by atoms with van der Waals surface area (Å²) in [6, 6.07) is 4.75. The highest BCUT2D eigenvalue weighted by Gasteiger charge is 2.38. The van der Waals surface area contributed by atoms with Crippen LogP contribution in [0.15, 0.2) is 18.2 Å². The van der Waals surface area contributed by atoms with Crippen LogP contribution in [0.25, 0.3) is 0 Å². The lowest BCUT2D eigenvalue weighted by Gasteiger charge is -2.34. The van der Waals surface area contributed by atoms with Crippen molar-refractivity contribution in [1.29, 1.82) is 0 Å². The van der Waals surface area contributed by atoms with E-state index in [9.17, 15) is 9.18 Å². The highest BCUT2D eigenvalue weighted by Crippen LogP contribution is 2.36. The van der Waals surface area contributed by atoms with Crippen LogP contribution in [0.2, 0.25) is 0 Å². The highest BCUT2D eigenvalue weighted by atomic mass is 19.1. The molecular weight excluding hydrogens is 243 g/mol. The summed E-state index contributed by atoms with van der Waals surface area (Å²) in [4.78, 5) is 12.4. The summed E-state index contributed by atoms with van der Waals surface area (Å²) in [6.45, 7) is 2.05. The molecule has 2 rings (SSSR count). The molecule has 0 unspecified atom stereocenters. The fraction of sp³-hybridized carbons (Fsp3) is 0.533. The second-order valence-corrected chi connectivity index (χ2v) is 5.46. The van der Waals surface area contributed by atoms with Gasteiger partial charge in [0.25, 0.3) is 0 Å². The zero-order chi connectivity index (χ0) is 13.9. The Labute approximate surface area is 113 Å². The molecule has 1 aliphatic rings. The van der Waals surface area contributed by atoms with Crippen LogP contribution in [0.1, 0.15) is 37.7 Å². The van der Waals surface area contributed by atoms with Gasteiger partial charge in [0.05, 0.1) is 5.41 Å². The highest BCUT2D eigenvalue weighted by molar-refractivity contribution is 5.95. The van der Waals surface area contributed by atoms with Crippen molar-refractivity contribution in [1.82, 2.24) is 0 Å². The van der Waals surface area contributed by atoms with Gasteiger partial charge in [-0.05, 0) is 37.5 Å². The summed E-state index contributed by atoms with van der Waals surface area (Å²) >= 11 is 0. The number of nitrogens with one attached hydrogen (secondary N) is 1. The molecule has 0 atom stereocenters. The summed E-state index contributed by atoms with van der Waals surface area (Å²) in [6.07, 6.45) is 4.88. The first-order chi connectivity index (χ1) is 9.07. The molecule has 0 aliphatic heterocycles. The molecule has 1 fully saturated rings. The van der Waals surface area contributed by atoms with Gasteiger partial charge in [-0.3, -0.25) is 4.79 Å². The molecule has 1 aromatic rings. The molecule has 0 bridgehead atoms. The smallest absolute Gasteiger partial charge is 0.231 e. The maximum atomic E-state index is 13.5. The Morgan fingerprint density at radius 1 is 1.37 bits per heavy atom. The van der Waals surface area contributed by atoms with Crippen molar-refractivity contribution in [2.24, 2.45) is 11.1 Å². The van der Waals surface area contributed by atoms with Gasteiger partial charge in [-0.2, -0.15) is 0 Å². The molecule has 19 heavy (non-hydrogen) atoms. The Balaban J connectivity index is 2.12. The maximum absolute atomic E-state index is 13.5. The van der Waals surface area contributed by atoms with Crippen LogP contribution in [0, 0.1) is 18.2 Å². The number of hydrogen-bond acceptors (Lipinski definition) is 2. The van der Waals surface area contributed by atoms with Crippen LogP contribution in [0.3, 0.4) is 0 Å². The monoisotopic (exact) mass is 264 g/mol. The van der Waals surface area contributed by atoms with E-state index in [1.54, 1.807) is 19.1 Å². The van der Waals surface area contributed by atoms with E-state index in [2.05, 4.69) is 5.32 Å². The van der Waals surface area contributed by atoms with Gasteiger partial charge < -0.3 is 11.1 Å². The van der Waals surface area contributed by atoms with Crippen LogP contribution in [0.5, 0.6) is 0 Å². The number of amides is 1. The van der Waals surface area contributed by atoms with Crippen molar-refractivity contribution < 1.29 is 9.18 Å². The Kier molecular flexibility index (Phi) is 4.20. The Hall–Kier alpha value is -1.42. The van der Waals surface area contributed by atoms with Gasteiger partial charge >= 0.3 is 0 Å². The van der Waals surface area contributed by atoms with E-state index < -0.39 is 5.41 Å². The van der Waals surface area contributed by atoms with Crippen molar-refractivity contribution in [2.75, 3.05) is 11.9 Å². The van der Waals surface area contributed by atoms with Crippen molar-refractivity contribution in [3.63, 3.8) is 0 Å². The molecule has 0 heterocycles. The van der Waals surface area contributed by atoms with Crippen molar-refractivity contribution >= 4 is 11.6 Å². The molecule has 0 aromatic heterocycles. The normalized spacial score (nSPS) is 18.1. The van der Waals surface area contributed by atoms with Crippen LogP contribution < -0.4 is 11.1 Å². The molecule has 1 amide bonds. The Morgan fingerprint density at radius 2 is 2.05 bits per heavy atom. The third-order valence-electron chi connectivity index (χ3n) is 4.11. The second-order valence-electron chi connectivity index (χ2n) is 5.46. The zero-order valence-electron chi connectivity index (χ0n) is 11.3. The van der Waals surface area contributed by atoms with Gasteiger partial charge in [-0.25, -0.2) is 4.39 Å². The first-order valence-corrected chi connectivity index (χ1v) is 6.85. The van der Waals surface area contributed by atoms with E-state index in [-0.39, 0.29) is 11.7 Å². The molecule has 3 nitrogen and oxygen atoms in total. The number of hydrogen-bond donors (Lipinski definition) is 2. The first-order valence-electron chi connectivity index (χ1n) is 6.85. The minimum Gasteiger partial charge on any atom is -0.329 e. The number of benzene rings is 1. The zero-order valence-corrected chi connectivity index (χ0v) is 11.3. The summed E-state index contributed by atoms with van der Waals surface area (Å²) in [7, 11) is 0. The van der Waals surface area contributed by atoms with Crippen molar-refractivity contribution in [3.05, 3.63) is 29.6 Å². The number of rotatable bonds is 3. The van der Waals surface area contributed by atoms with Gasteiger partial charge in [0.1, 0.15) is 5.82 Å². The minimum atomic E-state index is -0.473. The number of nitrogens with two attached hydrogens (primary N) is 1. The van der Waals surface area contributed by atoms with E-state index in [1.165, 1.54) is 6.07 Å². The molecule has 1 aliphatic carbocycles. The lowest BCUT2D eigenvalue weighted by Crippen LogP contribution is -2.43. The summed E-state index contributed by atoms with van der Waals surface area (Å²) < 4.78 is 13.5. The molecule has 0 spiro atoms. The topological polar surface area (TPSA) is 55.1 Å². The number of halogens is 1. The third-order valence-corrected chi connectivity index (χ3v) is 4.11. The molecule has 0 radical (unpaired) electrons. The summed E-state index contributed by atoms with van der Waals surface area (Å²) in [5.74, 6) is -0.374. The predicted molar refractivity (Wildman–Crippen MR) is 74.3 cm³/mol. The Morgan fingerprint density at radius 3 is 2.63 bits per heavy atom. The third kappa shape index (κ3) is 2.95. The van der Waals surface area contributed by atoms with Crippen LogP contribution in [-0.2, 0) is 4.79 Å². The standard InChI is InChI=1S/C15H21FN2O/c1-11-5-6-12(9-13(11)16)18-14(19)15(10-17)7-3-2-4-8-15/h5-6,9H,2-4,7-8,10,17H2,1H3,(H,18,19). The molecule has 4 heteroatoms. The average molecular weight is 264 g/mol. The maximum Gasteiger partial charge on any atom is 0.231 e. The van der Waals surface area contributed by atoms with Gasteiger partial charge in [0.15, 0.2) is 0 Å². The van der Waals surface area contributed by atoms with Gasteiger partial charge in [-0.1, -0.05) is 25.3 Å². The molecule has 1 saturated carbocycles. The fourth-order valence-electron chi connectivity index (χ4n) is 2.69. The van der Waals surface area contributed by atoms with Crippen molar-refractivity contribution in [2.45, 2.75) is 39.0 Å². The van der Waals surface area contributed by atoms with Gasteiger partial charge in [0, 0.05) is 12.2 Å². The van der Waals surface area contributed by atoms with Gasteiger partial charge in [-0.15, -0.1) is 0 Å². The van der Waals surface area contributed by atoms with Crippen LogP contribution in [-0.4, -0.2) is 12.5 Å². The molecule has 0 saturated heterocycles. The molecule has 1 aromatic carbocycles. The molecular formula is C15H21FN2O. The van der Waals surface area contributed by atoms with Gasteiger partial charge in [0.2, 0.25) is 5.91 Å². The van der Waals surface area contributed by atoms with Crippen molar-refractivity contribution in [3.8, 4) is 0 Å². The lowest BCUT2D eigenvalue weighted by atomic mass is 9.73. The molecule has 3 N–H and O–H groups in total. The largest absolute Gasteiger partial charge is 0.329 e. The number of aryl methyl sites for hydroxylation is 1. The van der Waals surface area contributed by atoms with Crippen LogP contribution in [0.4, 0.5) is 10.1 Å². The number of carbonyl (C=O) groups excluding carboxylic acids is 1. The second kappa shape index (κ2) is 5.70. The predicted octanol–water partition coefficient (Wildman–Crippen LogP) is 2.98. The average Bonchev–Trinajstić information content (AvgIpc) is 2.43. The van der Waals surface area contributed by atoms with E-state index in [1.807, 2.05) is 0 Å². The first kappa shape index (κ1) is 14.0. The lowest BCUT2D eigenvalue weighted by molar-refractivity contribution is -0.126. The fourth-order valence-corrected chi connectivity index (χ4v) is 2.69. The number of carbonyl (C=O) groups is 1. The summed E-state index contributed by atoms with van der Waals surface area (Å²) in [5, 5.41) is 2.81. The summed E-state index contributed by atoms with van der Waals surface area (Å²) in [5.41, 5.74) is 6.42. The van der Waals surface area contributed by atoms with Crippen LogP contribution >= 0.6 is 0 Å². The Bertz CT molecular complexity index is 467. The van der Waals surface area contributed by atoms with E-state index in [0.717, 1.165) is 32.1 Å². The number of anilines is 1. The van der Waals surface area contributed by atoms with E-state index in [4.69, 9.17) is 5.73 Å². The van der Waals surface area contributed by atoms with E-state index >= 15 is 0 Å². The van der Waals surface area contributed by atoms with E-state index in [0.29, 0.717) is 17.8 Å². The quantitative estimate of drug-likeness (QED) is 0.881.